The van der Waals surface area contributed by atoms with Crippen LogP contribution < -0.4 is 18.9 Å². The van der Waals surface area contributed by atoms with Crippen LogP contribution >= 0.6 is 0 Å². The van der Waals surface area contributed by atoms with Crippen LogP contribution in [0.1, 0.15) is 16.7 Å². The molecule has 0 bridgehead atoms. The van der Waals surface area contributed by atoms with Gasteiger partial charge in [0.1, 0.15) is 0 Å². The second-order valence-corrected chi connectivity index (χ2v) is 3.29. The monoisotopic (exact) mass is 208 g/mol. The van der Waals surface area contributed by atoms with E-state index in [1.807, 2.05) is 54.6 Å². The van der Waals surface area contributed by atoms with Gasteiger partial charge in [-0.1, -0.05) is 48.2 Å². The van der Waals surface area contributed by atoms with Crippen molar-refractivity contribution in [2.75, 3.05) is 0 Å². The number of benzene rings is 2. The molecule has 2 rings (SSSR count). The van der Waals surface area contributed by atoms with Crippen molar-refractivity contribution in [2.24, 2.45) is 0 Å². The Morgan fingerprint density at radius 2 is 1.29 bits per heavy atom. The summed E-state index contributed by atoms with van der Waals surface area (Å²) < 4.78 is 0. The van der Waals surface area contributed by atoms with Crippen molar-refractivity contribution >= 4 is 0 Å². The van der Waals surface area contributed by atoms with Crippen molar-refractivity contribution in [2.45, 2.75) is 0 Å². The second kappa shape index (κ2) is 6.68. The van der Waals surface area contributed by atoms with Gasteiger partial charge >= 0.3 is 18.9 Å². The zero-order valence-corrected chi connectivity index (χ0v) is 9.70. The van der Waals surface area contributed by atoms with Crippen molar-refractivity contribution < 1.29 is 18.9 Å². The minimum atomic E-state index is 0. The molecule has 0 spiro atoms. The summed E-state index contributed by atoms with van der Waals surface area (Å²) in [4.78, 5) is 0. The summed E-state index contributed by atoms with van der Waals surface area (Å²) in [5.74, 6) is 8.49. The van der Waals surface area contributed by atoms with E-state index in [1.165, 1.54) is 0 Å². The fraction of sp³-hybridized carbons (Fsp3) is 0. The van der Waals surface area contributed by atoms with Gasteiger partial charge in [-0.05, 0) is 17.7 Å². The summed E-state index contributed by atoms with van der Waals surface area (Å²) in [6.07, 6.45) is 7.15. The van der Waals surface area contributed by atoms with Crippen molar-refractivity contribution in [1.29, 1.82) is 0 Å². The Bertz CT molecular complexity index is 580. The molecule has 0 radical (unpaired) electrons. The average molecular weight is 208 g/mol. The van der Waals surface area contributed by atoms with Crippen molar-refractivity contribution in [3.63, 3.8) is 0 Å². The third kappa shape index (κ3) is 3.59. The second-order valence-electron chi connectivity index (χ2n) is 3.29. The van der Waals surface area contributed by atoms with E-state index in [0.717, 1.165) is 16.7 Å². The Balaban J connectivity index is 0.00000144. The molecule has 0 heterocycles. The van der Waals surface area contributed by atoms with Crippen molar-refractivity contribution in [1.82, 2.24) is 0 Å². The fourth-order valence-electron chi connectivity index (χ4n) is 1.36. The molecule has 17 heavy (non-hydrogen) atoms. The molecule has 2 aromatic carbocycles. The van der Waals surface area contributed by atoms with Crippen molar-refractivity contribution in [3.8, 4) is 17.8 Å². The fourth-order valence-corrected chi connectivity index (χ4v) is 1.36. The third-order valence-corrected chi connectivity index (χ3v) is 2.18. The van der Waals surface area contributed by atoms with Crippen LogP contribution in [0.3, 0.4) is 0 Å². The first kappa shape index (κ1) is 13.2. The Morgan fingerprint density at radius 1 is 0.706 bits per heavy atom. The number of rotatable bonds is 0. The molecule has 74 valence electrons. The normalized spacial score (nSPS) is 8.18. The van der Waals surface area contributed by atoms with Crippen LogP contribution in [0.5, 0.6) is 0 Å². The topological polar surface area (TPSA) is 0 Å². The van der Waals surface area contributed by atoms with Gasteiger partial charge in [0.05, 0.1) is 0 Å². The number of hydrogen-bond acceptors (Lipinski definition) is 0. The Labute approximate surface area is 114 Å². The van der Waals surface area contributed by atoms with Crippen LogP contribution in [-0.4, -0.2) is 0 Å². The zero-order chi connectivity index (χ0) is 11.2. The Hall–Kier alpha value is -1.84. The molecule has 0 atom stereocenters. The molecule has 0 unspecified atom stereocenters. The van der Waals surface area contributed by atoms with Crippen LogP contribution in [0.15, 0.2) is 54.6 Å². The molecule has 0 amide bonds. The molecule has 0 aliphatic heterocycles. The largest absolute Gasteiger partial charge is 1.00 e. The summed E-state index contributed by atoms with van der Waals surface area (Å²) in [7, 11) is 0. The number of hydrogen-bond donors (Lipinski definition) is 0. The smallest absolute Gasteiger partial charge is 0.366 e. The van der Waals surface area contributed by atoms with Gasteiger partial charge in [-0.15, -0.1) is 11.6 Å². The molecule has 0 nitrogen and oxygen atoms in total. The Morgan fingerprint density at radius 3 is 1.94 bits per heavy atom. The molecule has 0 saturated heterocycles. The zero-order valence-electron chi connectivity index (χ0n) is 9.70. The van der Waals surface area contributed by atoms with Gasteiger partial charge in [-0.3, -0.25) is 5.92 Å². The van der Waals surface area contributed by atoms with Crippen LogP contribution in [-0.2, 0) is 0 Å². The molecule has 0 fully saturated rings. The standard InChI is InChI=1S/C16H9.Li/c1-2-15-10-6-7-11-16(15)13-12-14-8-4-3-5-9-14;/h3-11H;/q-1;+1. The van der Waals surface area contributed by atoms with Gasteiger partial charge in [0.15, 0.2) is 0 Å². The van der Waals surface area contributed by atoms with Gasteiger partial charge in [-0.2, -0.15) is 0 Å². The van der Waals surface area contributed by atoms with Gasteiger partial charge in [0, 0.05) is 5.56 Å². The molecular formula is C16H9Li. The molecule has 0 aromatic heterocycles. The van der Waals surface area contributed by atoms with E-state index in [9.17, 15) is 0 Å². The van der Waals surface area contributed by atoms with E-state index in [2.05, 4.69) is 17.8 Å². The average Bonchev–Trinajstić information content (AvgIpc) is 2.38. The van der Waals surface area contributed by atoms with E-state index in [-0.39, 0.29) is 18.9 Å². The van der Waals surface area contributed by atoms with E-state index in [1.54, 1.807) is 0 Å². The van der Waals surface area contributed by atoms with Crippen molar-refractivity contribution in [3.05, 3.63) is 77.7 Å². The van der Waals surface area contributed by atoms with E-state index >= 15 is 0 Å². The molecule has 0 aliphatic rings. The molecule has 2 aromatic rings. The van der Waals surface area contributed by atoms with E-state index in [0.29, 0.717) is 0 Å². The summed E-state index contributed by atoms with van der Waals surface area (Å²) in [5, 5.41) is 0. The first-order chi connectivity index (χ1) is 7.90. The first-order valence-electron chi connectivity index (χ1n) is 4.99. The molecule has 0 saturated carbocycles. The van der Waals surface area contributed by atoms with Gasteiger partial charge in [-0.25, -0.2) is 0 Å². The van der Waals surface area contributed by atoms with Gasteiger partial charge in [0.25, 0.3) is 0 Å². The van der Waals surface area contributed by atoms with Crippen LogP contribution in [0.2, 0.25) is 0 Å². The minimum Gasteiger partial charge on any atom is -0.366 e. The summed E-state index contributed by atoms with van der Waals surface area (Å²) in [5.41, 5.74) is 2.54. The maximum Gasteiger partial charge on any atom is 1.00 e. The molecule has 0 N–H and O–H groups in total. The molecular weight excluding hydrogens is 199 g/mol. The maximum atomic E-state index is 7.15. The summed E-state index contributed by atoms with van der Waals surface area (Å²) in [6.45, 7) is 0. The quantitative estimate of drug-likeness (QED) is 0.325. The predicted octanol–water partition coefficient (Wildman–Crippen LogP) is 0.0283. The van der Waals surface area contributed by atoms with Gasteiger partial charge < -0.3 is 6.42 Å². The van der Waals surface area contributed by atoms with E-state index in [4.69, 9.17) is 6.42 Å². The first-order valence-corrected chi connectivity index (χ1v) is 4.99. The predicted molar refractivity (Wildman–Crippen MR) is 65.1 cm³/mol. The summed E-state index contributed by atoms with van der Waals surface area (Å²) >= 11 is 0. The minimum absolute atomic E-state index is 0. The Kier molecular flexibility index (Phi) is 5.19. The summed E-state index contributed by atoms with van der Waals surface area (Å²) in [6, 6.07) is 17.3. The van der Waals surface area contributed by atoms with Crippen LogP contribution in [0, 0.1) is 24.2 Å². The van der Waals surface area contributed by atoms with Crippen LogP contribution in [0.4, 0.5) is 0 Å². The third-order valence-electron chi connectivity index (χ3n) is 2.18. The molecule has 0 aliphatic carbocycles. The van der Waals surface area contributed by atoms with Crippen LogP contribution in [0.25, 0.3) is 0 Å². The molecule has 1 heteroatoms. The SMILES string of the molecule is [C-]#Cc1ccccc1C#Cc1ccccc1.[Li+]. The van der Waals surface area contributed by atoms with E-state index < -0.39 is 0 Å². The van der Waals surface area contributed by atoms with Gasteiger partial charge in [0.2, 0.25) is 0 Å². The maximum absolute atomic E-state index is 7.15.